The number of nitrogens with zero attached hydrogens (tertiary/aromatic N) is 1. The molecule has 2 rings (SSSR count). The highest BCUT2D eigenvalue weighted by molar-refractivity contribution is 7.90. The molecule has 0 aliphatic heterocycles. The summed E-state index contributed by atoms with van der Waals surface area (Å²) in [5.41, 5.74) is 1.40. The Morgan fingerprint density at radius 3 is 2.43 bits per heavy atom. The first kappa shape index (κ1) is 15.7. The normalized spacial score (nSPS) is 13.3. The highest BCUT2D eigenvalue weighted by atomic mass is 32.2. The largest absolute Gasteiger partial charge is 0.387 e. The second kappa shape index (κ2) is 5.95. The van der Waals surface area contributed by atoms with E-state index < -0.39 is 27.5 Å². The minimum Gasteiger partial charge on any atom is -0.387 e. The molecular formula is C14H16FNO4S. The SMILES string of the molecule is Cc1noc(C)c1CS(=O)(=O)C[C@@H](O)c1ccc(F)cc1. The van der Waals surface area contributed by atoms with Gasteiger partial charge in [-0.15, -0.1) is 0 Å². The predicted molar refractivity (Wildman–Crippen MR) is 74.8 cm³/mol. The number of benzene rings is 1. The molecule has 1 heterocycles. The number of aryl methyl sites for hydroxylation is 2. The van der Waals surface area contributed by atoms with Crippen molar-refractivity contribution in [1.29, 1.82) is 0 Å². The van der Waals surface area contributed by atoms with Crippen LogP contribution in [0.15, 0.2) is 28.8 Å². The van der Waals surface area contributed by atoms with Gasteiger partial charge in [-0.2, -0.15) is 0 Å². The molecule has 2 aromatic rings. The summed E-state index contributed by atoms with van der Waals surface area (Å²) in [6, 6.07) is 5.09. The molecule has 1 aromatic heterocycles. The van der Waals surface area contributed by atoms with Crippen LogP contribution in [0.1, 0.15) is 28.7 Å². The average molecular weight is 313 g/mol. The Balaban J connectivity index is 2.12. The number of aromatic nitrogens is 1. The van der Waals surface area contributed by atoms with Gasteiger partial charge < -0.3 is 9.63 Å². The van der Waals surface area contributed by atoms with Gasteiger partial charge in [0.2, 0.25) is 0 Å². The third kappa shape index (κ3) is 3.89. The molecule has 0 saturated carbocycles. The molecule has 0 aliphatic carbocycles. The van der Waals surface area contributed by atoms with Crippen molar-refractivity contribution in [3.63, 3.8) is 0 Å². The molecule has 5 nitrogen and oxygen atoms in total. The van der Waals surface area contributed by atoms with E-state index in [1.54, 1.807) is 13.8 Å². The van der Waals surface area contributed by atoms with Crippen LogP contribution >= 0.6 is 0 Å². The average Bonchev–Trinajstić information content (AvgIpc) is 2.70. The Bertz CT molecular complexity index is 702. The van der Waals surface area contributed by atoms with Crippen molar-refractivity contribution in [2.24, 2.45) is 0 Å². The van der Waals surface area contributed by atoms with Gasteiger partial charge in [0, 0.05) is 5.56 Å². The Morgan fingerprint density at radius 2 is 1.90 bits per heavy atom. The minimum absolute atomic E-state index is 0.244. The van der Waals surface area contributed by atoms with Crippen LogP contribution in [0.3, 0.4) is 0 Å². The van der Waals surface area contributed by atoms with E-state index in [1.807, 2.05) is 0 Å². The summed E-state index contributed by atoms with van der Waals surface area (Å²) in [5, 5.41) is 13.7. The van der Waals surface area contributed by atoms with Crippen molar-refractivity contribution < 1.29 is 22.4 Å². The van der Waals surface area contributed by atoms with Crippen LogP contribution in [-0.2, 0) is 15.6 Å². The van der Waals surface area contributed by atoms with Crippen LogP contribution in [0.5, 0.6) is 0 Å². The Kier molecular flexibility index (Phi) is 4.43. The third-order valence-corrected chi connectivity index (χ3v) is 4.76. The summed E-state index contributed by atoms with van der Waals surface area (Å²) in [4.78, 5) is 0. The van der Waals surface area contributed by atoms with Crippen LogP contribution in [0.4, 0.5) is 4.39 Å². The van der Waals surface area contributed by atoms with E-state index in [0.29, 0.717) is 22.6 Å². The smallest absolute Gasteiger partial charge is 0.157 e. The summed E-state index contributed by atoms with van der Waals surface area (Å²) in [6.45, 7) is 3.30. The summed E-state index contributed by atoms with van der Waals surface area (Å²) < 4.78 is 42.0. The molecule has 114 valence electrons. The molecule has 0 spiro atoms. The van der Waals surface area contributed by atoms with Gasteiger partial charge >= 0.3 is 0 Å². The summed E-state index contributed by atoms with van der Waals surface area (Å²) >= 11 is 0. The van der Waals surface area contributed by atoms with E-state index in [-0.39, 0.29) is 5.75 Å². The first-order chi connectivity index (χ1) is 9.78. The topological polar surface area (TPSA) is 80.4 Å². The molecule has 0 radical (unpaired) electrons. The lowest BCUT2D eigenvalue weighted by atomic mass is 10.1. The van der Waals surface area contributed by atoms with Gasteiger partial charge in [0.15, 0.2) is 9.84 Å². The van der Waals surface area contributed by atoms with E-state index >= 15 is 0 Å². The van der Waals surface area contributed by atoms with Crippen molar-refractivity contribution in [2.75, 3.05) is 5.75 Å². The Morgan fingerprint density at radius 1 is 1.29 bits per heavy atom. The second-order valence-corrected chi connectivity index (χ2v) is 7.03. The molecule has 0 fully saturated rings. The zero-order chi connectivity index (χ0) is 15.6. The van der Waals surface area contributed by atoms with Crippen LogP contribution in [0, 0.1) is 19.7 Å². The summed E-state index contributed by atoms with van der Waals surface area (Å²) in [7, 11) is -3.55. The molecular weight excluding hydrogens is 297 g/mol. The van der Waals surface area contributed by atoms with E-state index in [2.05, 4.69) is 5.16 Å². The fraction of sp³-hybridized carbons (Fsp3) is 0.357. The molecule has 1 aromatic carbocycles. The fourth-order valence-corrected chi connectivity index (χ4v) is 3.65. The predicted octanol–water partition coefficient (Wildman–Crippen LogP) is 2.08. The van der Waals surface area contributed by atoms with Gasteiger partial charge in [-0.05, 0) is 31.5 Å². The lowest BCUT2D eigenvalue weighted by Gasteiger charge is -2.11. The first-order valence-corrected chi connectivity index (χ1v) is 8.16. The number of halogens is 1. The Labute approximate surface area is 122 Å². The molecule has 1 N–H and O–H groups in total. The van der Waals surface area contributed by atoms with Gasteiger partial charge in [0.05, 0.1) is 23.3 Å². The zero-order valence-electron chi connectivity index (χ0n) is 11.7. The number of rotatable bonds is 5. The number of hydrogen-bond donors (Lipinski definition) is 1. The van der Waals surface area contributed by atoms with Gasteiger partial charge in [0.1, 0.15) is 11.6 Å². The first-order valence-electron chi connectivity index (χ1n) is 6.34. The number of sulfone groups is 1. The maximum Gasteiger partial charge on any atom is 0.157 e. The molecule has 0 bridgehead atoms. The molecule has 0 saturated heterocycles. The van der Waals surface area contributed by atoms with Crippen molar-refractivity contribution in [1.82, 2.24) is 5.16 Å². The minimum atomic E-state index is -3.55. The quantitative estimate of drug-likeness (QED) is 0.914. The van der Waals surface area contributed by atoms with E-state index in [9.17, 15) is 17.9 Å². The van der Waals surface area contributed by atoms with E-state index in [1.165, 1.54) is 24.3 Å². The Hall–Kier alpha value is -1.73. The molecule has 0 aliphatic rings. The second-order valence-electron chi connectivity index (χ2n) is 4.92. The van der Waals surface area contributed by atoms with Crippen molar-refractivity contribution in [3.05, 3.63) is 52.7 Å². The standard InChI is InChI=1S/C14H16FNO4S/c1-9-13(10(2)20-16-9)7-21(18,19)8-14(17)11-3-5-12(15)6-4-11/h3-6,14,17H,7-8H2,1-2H3/t14-/m1/s1. The highest BCUT2D eigenvalue weighted by Gasteiger charge is 2.23. The van der Waals surface area contributed by atoms with Gasteiger partial charge in [0.25, 0.3) is 0 Å². The number of aliphatic hydroxyl groups excluding tert-OH is 1. The number of aliphatic hydroxyl groups is 1. The lowest BCUT2D eigenvalue weighted by molar-refractivity contribution is 0.201. The number of hydrogen-bond acceptors (Lipinski definition) is 5. The monoisotopic (exact) mass is 313 g/mol. The molecule has 1 atom stereocenters. The van der Waals surface area contributed by atoms with Crippen LogP contribution in [-0.4, -0.2) is 24.4 Å². The molecule has 0 unspecified atom stereocenters. The zero-order valence-corrected chi connectivity index (χ0v) is 12.5. The fourth-order valence-electron chi connectivity index (χ4n) is 2.01. The highest BCUT2D eigenvalue weighted by Crippen LogP contribution is 2.20. The summed E-state index contributed by atoms with van der Waals surface area (Å²) in [6.07, 6.45) is -1.20. The van der Waals surface area contributed by atoms with Crippen molar-refractivity contribution >= 4 is 9.84 Å². The van der Waals surface area contributed by atoms with Crippen LogP contribution in [0.25, 0.3) is 0 Å². The lowest BCUT2D eigenvalue weighted by Crippen LogP contribution is -2.17. The van der Waals surface area contributed by atoms with E-state index in [4.69, 9.17) is 4.52 Å². The maximum atomic E-state index is 12.8. The van der Waals surface area contributed by atoms with E-state index in [0.717, 1.165) is 0 Å². The molecule has 21 heavy (non-hydrogen) atoms. The van der Waals surface area contributed by atoms with Crippen molar-refractivity contribution in [2.45, 2.75) is 25.7 Å². The van der Waals surface area contributed by atoms with Crippen LogP contribution < -0.4 is 0 Å². The molecule has 0 amide bonds. The summed E-state index contributed by atoms with van der Waals surface area (Å²) in [5.74, 6) is -0.674. The third-order valence-electron chi connectivity index (χ3n) is 3.21. The van der Waals surface area contributed by atoms with Gasteiger partial charge in [-0.1, -0.05) is 17.3 Å². The van der Waals surface area contributed by atoms with Crippen molar-refractivity contribution in [3.8, 4) is 0 Å². The van der Waals surface area contributed by atoms with Crippen LogP contribution in [0.2, 0.25) is 0 Å². The molecule has 7 heteroatoms. The van der Waals surface area contributed by atoms with Gasteiger partial charge in [-0.25, -0.2) is 12.8 Å². The van der Waals surface area contributed by atoms with Gasteiger partial charge in [-0.3, -0.25) is 0 Å². The maximum absolute atomic E-state index is 12.8.